The van der Waals surface area contributed by atoms with Crippen LogP contribution in [-0.4, -0.2) is 19.9 Å². The van der Waals surface area contributed by atoms with Crippen molar-refractivity contribution in [3.8, 4) is 0 Å². The summed E-state index contributed by atoms with van der Waals surface area (Å²) in [5, 5.41) is 0.465. The number of pyridine rings is 2. The summed E-state index contributed by atoms with van der Waals surface area (Å²) < 4.78 is 2.27. The molecule has 0 saturated carbocycles. The highest BCUT2D eigenvalue weighted by molar-refractivity contribution is 14.1. The lowest BCUT2D eigenvalue weighted by Gasteiger charge is -2.06. The Morgan fingerprint density at radius 1 is 1.37 bits per heavy atom. The van der Waals surface area contributed by atoms with E-state index in [-0.39, 0.29) is 5.91 Å². The maximum atomic E-state index is 11.4. The zero-order chi connectivity index (χ0) is 13.7. The van der Waals surface area contributed by atoms with Gasteiger partial charge in [-0.15, -0.1) is 0 Å². The number of carbonyl (C=O) groups is 1. The average Bonchev–Trinajstić information content (AvgIpc) is 2.43. The Balaban J connectivity index is 2.32. The van der Waals surface area contributed by atoms with Crippen molar-refractivity contribution >= 4 is 40.1 Å². The summed E-state index contributed by atoms with van der Waals surface area (Å²) in [4.78, 5) is 19.5. The summed E-state index contributed by atoms with van der Waals surface area (Å²) in [6.45, 7) is 0.596. The fraction of sp³-hybridized carbons (Fsp3) is 0.154. The lowest BCUT2D eigenvalue weighted by Crippen LogP contribution is -2.22. The van der Waals surface area contributed by atoms with Crippen molar-refractivity contribution < 1.29 is 4.79 Å². The molecule has 0 fully saturated rings. The second-order valence-electron chi connectivity index (χ2n) is 3.82. The first-order valence-corrected chi connectivity index (χ1v) is 7.49. The Kier molecular flexibility index (Phi) is 5.09. The van der Waals surface area contributed by atoms with Crippen molar-refractivity contribution in [3.63, 3.8) is 0 Å². The topological polar surface area (TPSA) is 47.2 Å². The summed E-state index contributed by atoms with van der Waals surface area (Å²) in [7, 11) is 0. The van der Waals surface area contributed by atoms with E-state index in [1.807, 2.05) is 57.6 Å². The van der Waals surface area contributed by atoms with Gasteiger partial charge in [-0.1, -0.05) is 46.3 Å². The third kappa shape index (κ3) is 4.14. The molecular weight excluding hydrogens is 377 g/mol. The van der Waals surface area contributed by atoms with E-state index in [1.165, 1.54) is 0 Å². The standard InChI is InChI=1S/C13H11ClIN3O/c14-11-5-4-10(8-16-11)9-18-6-2-1-3-12(18)17-13(19)7-15/h1-6,8H,7,9H2/b17-12+. The minimum Gasteiger partial charge on any atom is -0.328 e. The molecule has 1 amide bonds. The zero-order valence-electron chi connectivity index (χ0n) is 9.96. The van der Waals surface area contributed by atoms with Crippen LogP contribution in [0.2, 0.25) is 5.15 Å². The Morgan fingerprint density at radius 3 is 2.89 bits per heavy atom. The molecule has 4 nitrogen and oxygen atoms in total. The highest BCUT2D eigenvalue weighted by Gasteiger charge is 1.99. The minimum atomic E-state index is -0.144. The predicted molar refractivity (Wildman–Crippen MR) is 82.2 cm³/mol. The van der Waals surface area contributed by atoms with Crippen molar-refractivity contribution in [2.24, 2.45) is 4.99 Å². The molecule has 2 aromatic heterocycles. The first-order chi connectivity index (χ1) is 9.19. The van der Waals surface area contributed by atoms with Gasteiger partial charge in [0.25, 0.3) is 5.91 Å². The van der Waals surface area contributed by atoms with Crippen LogP contribution >= 0.6 is 34.2 Å². The van der Waals surface area contributed by atoms with Crippen LogP contribution < -0.4 is 5.49 Å². The van der Waals surface area contributed by atoms with Gasteiger partial charge in [0.05, 0.1) is 11.0 Å². The molecule has 98 valence electrons. The van der Waals surface area contributed by atoms with Gasteiger partial charge in [-0.3, -0.25) is 4.79 Å². The van der Waals surface area contributed by atoms with Crippen LogP contribution in [0.15, 0.2) is 47.7 Å². The van der Waals surface area contributed by atoms with Gasteiger partial charge in [-0.05, 0) is 23.8 Å². The van der Waals surface area contributed by atoms with Crippen LogP contribution in [0, 0.1) is 0 Å². The number of carbonyl (C=O) groups excluding carboxylic acids is 1. The van der Waals surface area contributed by atoms with Gasteiger partial charge < -0.3 is 4.57 Å². The number of rotatable bonds is 3. The molecule has 6 heteroatoms. The molecule has 2 heterocycles. The molecule has 0 aliphatic rings. The minimum absolute atomic E-state index is 0.144. The molecule has 2 aromatic rings. The Bertz CT molecular complexity index is 637. The van der Waals surface area contributed by atoms with Gasteiger partial charge in [0.2, 0.25) is 0 Å². The maximum Gasteiger partial charge on any atom is 0.257 e. The van der Waals surface area contributed by atoms with E-state index in [2.05, 4.69) is 9.98 Å². The summed E-state index contributed by atoms with van der Waals surface area (Å²) in [6, 6.07) is 9.22. The van der Waals surface area contributed by atoms with E-state index in [0.29, 0.717) is 21.6 Å². The summed E-state index contributed by atoms with van der Waals surface area (Å²) in [6.07, 6.45) is 3.60. The molecular formula is C13H11ClIN3O. The van der Waals surface area contributed by atoms with Gasteiger partial charge in [-0.25, -0.2) is 4.98 Å². The second-order valence-corrected chi connectivity index (χ2v) is 4.97. The molecule has 0 aliphatic heterocycles. The SMILES string of the molecule is O=C(CI)/N=c1\ccccn1Cc1ccc(Cl)nc1. The first kappa shape index (κ1) is 14.2. The van der Waals surface area contributed by atoms with Crippen LogP contribution in [0.25, 0.3) is 0 Å². The second kappa shape index (κ2) is 6.81. The van der Waals surface area contributed by atoms with Gasteiger partial charge in [0, 0.05) is 12.4 Å². The molecule has 0 spiro atoms. The van der Waals surface area contributed by atoms with E-state index < -0.39 is 0 Å². The summed E-state index contributed by atoms with van der Waals surface area (Å²) in [5.41, 5.74) is 1.64. The third-order valence-corrected chi connectivity index (χ3v) is 3.29. The quantitative estimate of drug-likeness (QED) is 0.461. The number of nitrogens with zero attached hydrogens (tertiary/aromatic N) is 3. The lowest BCUT2D eigenvalue weighted by atomic mass is 10.3. The van der Waals surface area contributed by atoms with E-state index in [1.54, 1.807) is 12.3 Å². The number of amides is 1. The Hall–Kier alpha value is -1.21. The van der Waals surface area contributed by atoms with Crippen molar-refractivity contribution in [2.75, 3.05) is 4.43 Å². The molecule has 0 N–H and O–H groups in total. The maximum absolute atomic E-state index is 11.4. The summed E-state index contributed by atoms with van der Waals surface area (Å²) >= 11 is 7.75. The number of halogens is 2. The first-order valence-electron chi connectivity index (χ1n) is 5.58. The van der Waals surface area contributed by atoms with Crippen LogP contribution in [0.1, 0.15) is 5.56 Å². The number of alkyl halides is 1. The molecule has 2 rings (SSSR count). The number of hydrogen-bond acceptors (Lipinski definition) is 2. The highest BCUT2D eigenvalue weighted by atomic mass is 127. The number of hydrogen-bond donors (Lipinski definition) is 0. The van der Waals surface area contributed by atoms with E-state index >= 15 is 0 Å². The van der Waals surface area contributed by atoms with Crippen LogP contribution in [0.3, 0.4) is 0 Å². The van der Waals surface area contributed by atoms with Crippen molar-refractivity contribution in [1.82, 2.24) is 9.55 Å². The molecule has 0 bridgehead atoms. The fourth-order valence-electron chi connectivity index (χ4n) is 1.56. The van der Waals surface area contributed by atoms with Crippen molar-refractivity contribution in [1.29, 1.82) is 0 Å². The Labute approximate surface area is 129 Å². The lowest BCUT2D eigenvalue weighted by molar-refractivity contribution is -0.115. The fourth-order valence-corrected chi connectivity index (χ4v) is 1.84. The van der Waals surface area contributed by atoms with E-state index in [0.717, 1.165) is 5.56 Å². The average molecular weight is 388 g/mol. The molecule has 0 saturated heterocycles. The highest BCUT2D eigenvalue weighted by Crippen LogP contribution is 2.06. The van der Waals surface area contributed by atoms with Crippen LogP contribution in [0.4, 0.5) is 0 Å². The number of aromatic nitrogens is 2. The molecule has 0 radical (unpaired) electrons. The van der Waals surface area contributed by atoms with Crippen LogP contribution in [0.5, 0.6) is 0 Å². The molecule has 0 aromatic carbocycles. The van der Waals surface area contributed by atoms with Gasteiger partial charge in [0.1, 0.15) is 10.6 Å². The van der Waals surface area contributed by atoms with Gasteiger partial charge in [0.15, 0.2) is 0 Å². The van der Waals surface area contributed by atoms with Gasteiger partial charge >= 0.3 is 0 Å². The van der Waals surface area contributed by atoms with Crippen molar-refractivity contribution in [2.45, 2.75) is 6.54 Å². The Morgan fingerprint density at radius 2 is 2.21 bits per heavy atom. The largest absolute Gasteiger partial charge is 0.328 e. The van der Waals surface area contributed by atoms with Crippen molar-refractivity contribution in [3.05, 3.63) is 58.9 Å². The monoisotopic (exact) mass is 387 g/mol. The predicted octanol–water partition coefficient (Wildman–Crippen LogP) is 2.45. The molecule has 19 heavy (non-hydrogen) atoms. The summed E-state index contributed by atoms with van der Waals surface area (Å²) in [5.74, 6) is -0.144. The van der Waals surface area contributed by atoms with E-state index in [4.69, 9.17) is 11.6 Å². The molecule has 0 aliphatic carbocycles. The molecule has 0 atom stereocenters. The van der Waals surface area contributed by atoms with Gasteiger partial charge in [-0.2, -0.15) is 4.99 Å². The zero-order valence-corrected chi connectivity index (χ0v) is 12.9. The smallest absolute Gasteiger partial charge is 0.257 e. The molecule has 0 unspecified atom stereocenters. The van der Waals surface area contributed by atoms with Crippen LogP contribution in [-0.2, 0) is 11.3 Å². The third-order valence-electron chi connectivity index (χ3n) is 2.41. The van der Waals surface area contributed by atoms with E-state index in [9.17, 15) is 4.79 Å². The normalized spacial score (nSPS) is 11.6.